The molecule has 2 aliphatic carbocycles. The molecule has 0 saturated heterocycles. The number of allylic oxidation sites excluding steroid dienone is 6. The van der Waals surface area contributed by atoms with Crippen LogP contribution in [0.15, 0.2) is 42.0 Å². The SMILES string of the molecule is C[Si](C)(C)OCCC1=[C]([Zr]([CH3])([CH3])(=[SiH2])[C]2=C(CCO[Si](C)(C)C)C=CC2)CC=C1.Cl.Cl. The van der Waals surface area contributed by atoms with E-state index in [1.54, 1.807) is 17.7 Å². The summed E-state index contributed by atoms with van der Waals surface area (Å²) in [5.41, 5.74) is 3.17. The summed E-state index contributed by atoms with van der Waals surface area (Å²) in [4.78, 5) is 0. The van der Waals surface area contributed by atoms with Crippen molar-refractivity contribution >= 4 is 48.3 Å². The fourth-order valence-corrected chi connectivity index (χ4v) is 21.0. The van der Waals surface area contributed by atoms with Gasteiger partial charge in [0.25, 0.3) is 0 Å². The van der Waals surface area contributed by atoms with E-state index in [1.165, 1.54) is 0 Å². The molecule has 0 atom stereocenters. The van der Waals surface area contributed by atoms with Gasteiger partial charge in [0.15, 0.2) is 0 Å². The zero-order valence-electron chi connectivity index (χ0n) is 20.4. The summed E-state index contributed by atoms with van der Waals surface area (Å²) in [6.45, 7) is 17.8. The normalized spacial score (nSPS) is 17.5. The van der Waals surface area contributed by atoms with Crippen molar-refractivity contribution in [2.75, 3.05) is 13.2 Å². The van der Waals surface area contributed by atoms with Crippen molar-refractivity contribution in [1.29, 1.82) is 0 Å². The molecule has 0 amide bonds. The van der Waals surface area contributed by atoms with E-state index >= 15 is 0 Å². The molecule has 0 bridgehead atoms. The minimum Gasteiger partial charge on any atom is -0.147 e. The van der Waals surface area contributed by atoms with Gasteiger partial charge in [-0.15, -0.1) is 24.8 Å². The largest absolute Gasteiger partial charge is 0.147 e. The van der Waals surface area contributed by atoms with Gasteiger partial charge in [-0.1, -0.05) is 0 Å². The molecule has 0 aromatic carbocycles. The van der Waals surface area contributed by atoms with Gasteiger partial charge in [-0.3, -0.25) is 0 Å². The van der Waals surface area contributed by atoms with Gasteiger partial charge in [0.05, 0.1) is 0 Å². The fourth-order valence-electron chi connectivity index (χ4n) is 4.37. The summed E-state index contributed by atoms with van der Waals surface area (Å²) in [6, 6.07) is 0. The van der Waals surface area contributed by atoms with E-state index in [9.17, 15) is 0 Å². The number of hydrogen-bond donors (Lipinski definition) is 0. The Morgan fingerprint density at radius 3 is 1.40 bits per heavy atom. The molecule has 2 aliphatic rings. The Hall–Kier alpha value is 0.994. The number of hydrogen-bond acceptors (Lipinski definition) is 2. The molecular weight excluding hydrogens is 543 g/mol. The summed E-state index contributed by atoms with van der Waals surface area (Å²) in [7, 11) is -2.88. The first-order chi connectivity index (χ1) is 12.7. The van der Waals surface area contributed by atoms with E-state index in [4.69, 9.17) is 8.85 Å². The van der Waals surface area contributed by atoms with E-state index in [0.717, 1.165) is 38.9 Å². The summed E-state index contributed by atoms with van der Waals surface area (Å²) in [5, 5.41) is 0. The summed E-state index contributed by atoms with van der Waals surface area (Å²) in [6.07, 6.45) is 14.1. The van der Waals surface area contributed by atoms with Crippen molar-refractivity contribution in [3.63, 3.8) is 0 Å². The standard InChI is InChI=1S/2C10H17OSi.2CH3.2ClH.H2Si.Zr/c2*1-12(2,3)11-9-8-10-6-4-5-7-10;;;;;;/h2*4,6H,5,8-9H2,1-3H3;2*1H3;2*1H;1H2;. The molecule has 8 heteroatoms. The Kier molecular flexibility index (Phi) is 11.8. The molecule has 0 unspecified atom stereocenters. The van der Waals surface area contributed by atoms with Crippen molar-refractivity contribution < 1.29 is 26.3 Å². The van der Waals surface area contributed by atoms with E-state index in [1.807, 2.05) is 0 Å². The first-order valence-electron chi connectivity index (χ1n) is 10.8. The van der Waals surface area contributed by atoms with Crippen LogP contribution in [0.5, 0.6) is 0 Å². The first-order valence-corrected chi connectivity index (χ1v) is 30.9. The molecule has 2 rings (SSSR count). The average molecular weight is 587 g/mol. The van der Waals surface area contributed by atoms with E-state index in [0.29, 0.717) is 0 Å². The number of halogens is 2. The van der Waals surface area contributed by atoms with E-state index in [-0.39, 0.29) is 24.8 Å². The molecular formula is C22H44Cl2O2Si3Zr. The molecule has 30 heavy (non-hydrogen) atoms. The van der Waals surface area contributed by atoms with Crippen LogP contribution in [0.3, 0.4) is 0 Å². The zero-order valence-corrected chi connectivity index (χ0v) is 27.9. The summed E-state index contributed by atoms with van der Waals surface area (Å²) >= 11 is -3.13. The van der Waals surface area contributed by atoms with Gasteiger partial charge in [-0.25, -0.2) is 0 Å². The van der Waals surface area contributed by atoms with Gasteiger partial charge in [-0.2, -0.15) is 0 Å². The molecule has 0 radical (unpaired) electrons. The monoisotopic (exact) mass is 584 g/mol. The Morgan fingerprint density at radius 1 is 0.767 bits per heavy atom. The van der Waals surface area contributed by atoms with Crippen LogP contribution in [0.4, 0.5) is 0 Å². The maximum Gasteiger partial charge on any atom is -0.147 e. The van der Waals surface area contributed by atoms with Crippen molar-refractivity contribution in [3.8, 4) is 0 Å². The summed E-state index contributed by atoms with van der Waals surface area (Å²) in [5.74, 6) is 0. The molecule has 0 aromatic heterocycles. The Morgan fingerprint density at radius 2 is 1.10 bits per heavy atom. The maximum atomic E-state index is 6.18. The van der Waals surface area contributed by atoms with Gasteiger partial charge < -0.3 is 0 Å². The predicted molar refractivity (Wildman–Crippen MR) is 144 cm³/mol. The van der Waals surface area contributed by atoms with Gasteiger partial charge >= 0.3 is 179 Å². The molecule has 0 fully saturated rings. The van der Waals surface area contributed by atoms with Crippen LogP contribution in [0, 0.1) is 0 Å². The van der Waals surface area contributed by atoms with E-state index < -0.39 is 34.0 Å². The Labute approximate surface area is 202 Å². The topological polar surface area (TPSA) is 18.5 Å². The minimum absolute atomic E-state index is 0. The molecule has 0 aliphatic heterocycles. The zero-order chi connectivity index (χ0) is 21.2. The second-order valence-electron chi connectivity index (χ2n) is 11.3. The second kappa shape index (κ2) is 11.4. The quantitative estimate of drug-likeness (QED) is 0.255. The van der Waals surface area contributed by atoms with Gasteiger partial charge in [0.2, 0.25) is 0 Å². The average Bonchev–Trinajstić information content (AvgIpc) is 3.14. The fraction of sp³-hybridized carbons (Fsp3) is 0.636. The predicted octanol–water partition coefficient (Wildman–Crippen LogP) is 7.08. The van der Waals surface area contributed by atoms with Crippen LogP contribution < -0.4 is 0 Å². The van der Waals surface area contributed by atoms with Crippen LogP contribution in [0.25, 0.3) is 0 Å². The molecule has 0 N–H and O–H groups in total. The Balaban J connectivity index is 0.00000420. The third kappa shape index (κ3) is 8.74. The van der Waals surface area contributed by atoms with Crippen LogP contribution in [0.1, 0.15) is 25.7 Å². The molecule has 0 spiro atoms. The molecule has 0 heterocycles. The van der Waals surface area contributed by atoms with Crippen LogP contribution in [0.2, 0.25) is 48.5 Å². The first kappa shape index (κ1) is 31.0. The third-order valence-electron chi connectivity index (χ3n) is 5.81. The van der Waals surface area contributed by atoms with Gasteiger partial charge in [0, 0.05) is 0 Å². The van der Waals surface area contributed by atoms with Crippen LogP contribution in [-0.4, -0.2) is 36.7 Å². The van der Waals surface area contributed by atoms with Crippen LogP contribution >= 0.6 is 24.8 Å². The van der Waals surface area contributed by atoms with Crippen molar-refractivity contribution in [3.05, 3.63) is 42.0 Å². The van der Waals surface area contributed by atoms with Crippen molar-refractivity contribution in [1.82, 2.24) is 0 Å². The van der Waals surface area contributed by atoms with Gasteiger partial charge in [0.1, 0.15) is 0 Å². The smallest absolute Gasteiger partial charge is 0.147 e. The van der Waals surface area contributed by atoms with Crippen LogP contribution in [-0.2, 0) is 26.3 Å². The maximum absolute atomic E-state index is 6.18. The second-order valence-corrected chi connectivity index (χ2v) is 49.1. The van der Waals surface area contributed by atoms with Crippen molar-refractivity contribution in [2.24, 2.45) is 0 Å². The minimum atomic E-state index is -3.13. The van der Waals surface area contributed by atoms with Gasteiger partial charge in [-0.05, 0) is 0 Å². The molecule has 0 aromatic rings. The molecule has 174 valence electrons. The Bertz CT molecular complexity index is 734. The molecule has 2 nitrogen and oxygen atoms in total. The van der Waals surface area contributed by atoms with Crippen molar-refractivity contribution in [2.45, 2.75) is 74.2 Å². The molecule has 0 saturated carbocycles. The summed E-state index contributed by atoms with van der Waals surface area (Å²) < 4.78 is 21.2. The third-order valence-corrected chi connectivity index (χ3v) is 25.1. The van der Waals surface area contributed by atoms with E-state index in [2.05, 4.69) is 79.7 Å². The number of rotatable bonds is 10.